The minimum atomic E-state index is -1.25. The van der Waals surface area contributed by atoms with Crippen molar-refractivity contribution >= 4 is 53.0 Å². The van der Waals surface area contributed by atoms with Gasteiger partial charge >= 0.3 is 11.9 Å². The molecule has 0 unspecified atom stereocenters. The molecule has 0 aliphatic carbocycles. The van der Waals surface area contributed by atoms with Gasteiger partial charge in [-0.15, -0.1) is 0 Å². The molecule has 3 N–H and O–H groups in total. The Labute approximate surface area is 228 Å². The Balaban J connectivity index is 1.53. The van der Waals surface area contributed by atoms with Crippen molar-refractivity contribution in [3.05, 3.63) is 125 Å². The summed E-state index contributed by atoms with van der Waals surface area (Å²) in [7, 11) is 0. The number of carbonyl (C=O) groups excluding carboxylic acids is 2. The van der Waals surface area contributed by atoms with Crippen LogP contribution in [0.3, 0.4) is 0 Å². The molecule has 0 radical (unpaired) electrons. The maximum absolute atomic E-state index is 13.9. The lowest BCUT2D eigenvalue weighted by molar-refractivity contribution is -0.115. The lowest BCUT2D eigenvalue weighted by Gasteiger charge is -2.21. The molecule has 0 heterocycles. The maximum atomic E-state index is 13.9. The van der Waals surface area contributed by atoms with Gasteiger partial charge in [0.1, 0.15) is 5.82 Å². The Morgan fingerprint density at radius 1 is 0.750 bits per heavy atom. The number of hydrogen-bond acceptors (Lipinski definition) is 4. The molecule has 4 rings (SSSR count). The minimum Gasteiger partial charge on any atom is -0.478 e. The number of amides is 2. The van der Waals surface area contributed by atoms with Crippen LogP contribution in [0, 0.1) is 5.82 Å². The molecule has 0 bridgehead atoms. The molecule has 0 saturated heterocycles. The number of rotatable bonds is 8. The van der Waals surface area contributed by atoms with Gasteiger partial charge in [-0.25, -0.2) is 14.0 Å². The van der Waals surface area contributed by atoms with E-state index in [1.165, 1.54) is 72.5 Å². The van der Waals surface area contributed by atoms with Crippen LogP contribution >= 0.6 is 0 Å². The highest BCUT2D eigenvalue weighted by molar-refractivity contribution is 6.08. The number of aromatic carboxylic acids is 2. The Bertz CT molecular complexity index is 1630. The van der Waals surface area contributed by atoms with Crippen LogP contribution in [0.2, 0.25) is 0 Å². The molecule has 200 valence electrons. The van der Waals surface area contributed by atoms with Gasteiger partial charge in [0, 0.05) is 29.4 Å². The molecule has 0 aromatic heterocycles. The van der Waals surface area contributed by atoms with Crippen LogP contribution in [0.15, 0.2) is 91.0 Å². The Morgan fingerprint density at radius 3 is 1.90 bits per heavy atom. The molecule has 9 heteroatoms. The van der Waals surface area contributed by atoms with E-state index in [1.54, 1.807) is 42.5 Å². The molecule has 4 aromatic carbocycles. The smallest absolute Gasteiger partial charge is 0.337 e. The quantitative estimate of drug-likeness (QED) is 0.225. The molecule has 4 aromatic rings. The van der Waals surface area contributed by atoms with E-state index in [0.29, 0.717) is 22.5 Å². The summed E-state index contributed by atoms with van der Waals surface area (Å²) < 4.78 is 13.9. The first-order valence-electron chi connectivity index (χ1n) is 12.0. The topological polar surface area (TPSA) is 124 Å². The third-order valence-corrected chi connectivity index (χ3v) is 5.96. The number of carbonyl (C=O) groups is 4. The predicted octanol–water partition coefficient (Wildman–Crippen LogP) is 6.33. The van der Waals surface area contributed by atoms with Crippen molar-refractivity contribution in [2.45, 2.75) is 6.92 Å². The van der Waals surface area contributed by atoms with Crippen LogP contribution in [0.25, 0.3) is 12.2 Å². The lowest BCUT2D eigenvalue weighted by Crippen LogP contribution is -2.23. The zero-order valence-electron chi connectivity index (χ0n) is 21.2. The van der Waals surface area contributed by atoms with Crippen molar-refractivity contribution in [1.82, 2.24) is 0 Å². The highest BCUT2D eigenvalue weighted by Crippen LogP contribution is 2.27. The van der Waals surface area contributed by atoms with Gasteiger partial charge < -0.3 is 15.5 Å². The summed E-state index contributed by atoms with van der Waals surface area (Å²) in [5.74, 6) is -3.64. The molecule has 0 atom stereocenters. The number of benzene rings is 4. The lowest BCUT2D eigenvalue weighted by atomic mass is 10.1. The number of carboxylic acids is 2. The number of anilines is 3. The Morgan fingerprint density at radius 2 is 1.35 bits per heavy atom. The number of hydrogen-bond donors (Lipinski definition) is 3. The average molecular weight is 539 g/mol. The van der Waals surface area contributed by atoms with E-state index in [-0.39, 0.29) is 28.3 Å². The second kappa shape index (κ2) is 11.9. The number of carboxylic acid groups (broad SMARTS) is 2. The molecule has 0 aliphatic rings. The zero-order valence-corrected chi connectivity index (χ0v) is 21.2. The van der Waals surface area contributed by atoms with E-state index >= 15 is 0 Å². The van der Waals surface area contributed by atoms with Crippen LogP contribution in [-0.4, -0.2) is 34.0 Å². The fraction of sp³-hybridized carbons (Fsp3) is 0.0323. The van der Waals surface area contributed by atoms with E-state index in [0.717, 1.165) is 0 Å². The molecule has 0 saturated carbocycles. The van der Waals surface area contributed by atoms with Crippen molar-refractivity contribution < 1.29 is 33.8 Å². The molecular formula is C31H23FN2O6. The fourth-order valence-electron chi connectivity index (χ4n) is 3.97. The summed E-state index contributed by atoms with van der Waals surface area (Å²) in [4.78, 5) is 49.6. The minimum absolute atomic E-state index is 0.0773. The number of halogens is 1. The van der Waals surface area contributed by atoms with E-state index in [2.05, 4.69) is 5.32 Å². The third-order valence-electron chi connectivity index (χ3n) is 5.96. The number of nitrogens with zero attached hydrogens (tertiary/aromatic N) is 1. The summed E-state index contributed by atoms with van der Waals surface area (Å²) in [6.07, 6.45) is 3.10. The Kier molecular flexibility index (Phi) is 8.15. The van der Waals surface area contributed by atoms with E-state index < -0.39 is 23.7 Å². The largest absolute Gasteiger partial charge is 0.478 e. The molecule has 8 nitrogen and oxygen atoms in total. The molecule has 40 heavy (non-hydrogen) atoms. The summed E-state index contributed by atoms with van der Waals surface area (Å²) in [5, 5.41) is 21.4. The summed E-state index contributed by atoms with van der Waals surface area (Å²) >= 11 is 0. The fourth-order valence-corrected chi connectivity index (χ4v) is 3.97. The van der Waals surface area contributed by atoms with Crippen molar-refractivity contribution in [2.75, 3.05) is 10.2 Å². The number of nitrogens with one attached hydrogen (secondary N) is 1. The van der Waals surface area contributed by atoms with Gasteiger partial charge in [-0.1, -0.05) is 36.4 Å². The van der Waals surface area contributed by atoms with Crippen LogP contribution in [-0.2, 0) is 4.79 Å². The first-order valence-corrected chi connectivity index (χ1v) is 12.0. The predicted molar refractivity (Wildman–Crippen MR) is 149 cm³/mol. The van der Waals surface area contributed by atoms with E-state index in [4.69, 9.17) is 5.11 Å². The van der Waals surface area contributed by atoms with Crippen molar-refractivity contribution in [1.29, 1.82) is 0 Å². The molecule has 2 amide bonds. The van der Waals surface area contributed by atoms with E-state index in [1.807, 2.05) is 0 Å². The third kappa shape index (κ3) is 6.28. The average Bonchev–Trinajstić information content (AvgIpc) is 2.93. The van der Waals surface area contributed by atoms with Gasteiger partial charge in [0.15, 0.2) is 0 Å². The molecule has 0 aliphatic heterocycles. The van der Waals surface area contributed by atoms with Gasteiger partial charge in [0.05, 0.1) is 16.8 Å². The van der Waals surface area contributed by atoms with Crippen LogP contribution in [0.5, 0.6) is 0 Å². The second-order valence-electron chi connectivity index (χ2n) is 8.67. The summed E-state index contributed by atoms with van der Waals surface area (Å²) in [6, 6.07) is 22.5. The van der Waals surface area contributed by atoms with Crippen LogP contribution < -0.4 is 10.2 Å². The van der Waals surface area contributed by atoms with Gasteiger partial charge in [0.25, 0.3) is 5.91 Å². The monoisotopic (exact) mass is 538 g/mol. The normalized spacial score (nSPS) is 10.8. The molecule has 0 fully saturated rings. The summed E-state index contributed by atoms with van der Waals surface area (Å²) in [6.45, 7) is 1.36. The van der Waals surface area contributed by atoms with Gasteiger partial charge in [-0.05, 0) is 72.3 Å². The molecule has 0 spiro atoms. The second-order valence-corrected chi connectivity index (χ2v) is 8.67. The zero-order chi connectivity index (χ0) is 28.8. The summed E-state index contributed by atoms with van der Waals surface area (Å²) in [5.41, 5.74) is 1.98. The van der Waals surface area contributed by atoms with E-state index in [9.17, 15) is 28.7 Å². The van der Waals surface area contributed by atoms with Gasteiger partial charge in [-0.3, -0.25) is 14.5 Å². The van der Waals surface area contributed by atoms with Crippen LogP contribution in [0.1, 0.15) is 49.1 Å². The molecular weight excluding hydrogens is 515 g/mol. The SMILES string of the molecule is CC(=O)N(c1ccc(C(=O)O)cc1)c1ccc(C(=O)Nc2ccc(C=Cc3ccccc3F)cc2C(=O)O)cc1. The first kappa shape index (κ1) is 27.5. The standard InChI is InChI=1S/C31H23FN2O6/c1-19(35)34(25-15-11-23(12-16-25)30(37)38)24-13-9-22(10-14-24)29(36)33-28-17-7-20(18-26(28)31(39)40)6-8-21-4-2-3-5-27(21)32/h2-18H,1H3,(H,33,36)(H,37,38)(H,39,40). The van der Waals surface area contributed by atoms with Gasteiger partial charge in [0.2, 0.25) is 5.91 Å². The highest BCUT2D eigenvalue weighted by atomic mass is 19.1. The first-order chi connectivity index (χ1) is 19.1. The highest BCUT2D eigenvalue weighted by Gasteiger charge is 2.17. The Hall–Kier alpha value is -5.57. The van der Waals surface area contributed by atoms with Gasteiger partial charge in [-0.2, -0.15) is 0 Å². The van der Waals surface area contributed by atoms with Crippen LogP contribution in [0.4, 0.5) is 21.5 Å². The maximum Gasteiger partial charge on any atom is 0.337 e. The van der Waals surface area contributed by atoms with Crippen molar-refractivity contribution in [2.24, 2.45) is 0 Å². The van der Waals surface area contributed by atoms with Crippen molar-refractivity contribution in [3.63, 3.8) is 0 Å². The van der Waals surface area contributed by atoms with Crippen molar-refractivity contribution in [3.8, 4) is 0 Å².